The topological polar surface area (TPSA) is 95.8 Å². The number of carbonyl (C=O) groups excluding carboxylic acids is 3. The lowest BCUT2D eigenvalue weighted by Crippen LogP contribution is -2.55. The Kier molecular flexibility index (Phi) is 6.56. The Morgan fingerprint density at radius 3 is 2.71 bits per heavy atom. The average molecular weight is 445 g/mol. The second-order valence-electron chi connectivity index (χ2n) is 7.96. The van der Waals surface area contributed by atoms with E-state index in [4.69, 9.17) is 16.0 Å². The highest BCUT2D eigenvalue weighted by Gasteiger charge is 2.38. The number of nitrogens with zero attached hydrogens (tertiary/aromatic N) is 3. The average Bonchev–Trinajstić information content (AvgIpc) is 3.35. The van der Waals surface area contributed by atoms with E-state index in [1.807, 2.05) is 0 Å². The van der Waals surface area contributed by atoms with Crippen molar-refractivity contribution in [3.8, 4) is 0 Å². The first-order chi connectivity index (χ1) is 15.0. The zero-order valence-corrected chi connectivity index (χ0v) is 17.9. The summed E-state index contributed by atoms with van der Waals surface area (Å²) in [6, 6.07) is 6.06. The maximum atomic E-state index is 13.3. The van der Waals surface area contributed by atoms with Crippen LogP contribution in [0.4, 0.5) is 5.82 Å². The van der Waals surface area contributed by atoms with E-state index in [0.717, 1.165) is 19.3 Å². The van der Waals surface area contributed by atoms with Gasteiger partial charge in [-0.3, -0.25) is 14.4 Å². The Morgan fingerprint density at radius 2 is 1.97 bits per heavy atom. The van der Waals surface area contributed by atoms with Gasteiger partial charge in [0, 0.05) is 25.8 Å². The number of hydrogen-bond donors (Lipinski definition) is 1. The van der Waals surface area contributed by atoms with Crippen molar-refractivity contribution in [2.75, 3.05) is 25.0 Å². The number of rotatable bonds is 4. The number of aromatic nitrogens is 1. The number of hydrogen-bond acceptors (Lipinski definition) is 5. The van der Waals surface area contributed by atoms with Gasteiger partial charge in [-0.05, 0) is 56.4 Å². The first-order valence-electron chi connectivity index (χ1n) is 10.6. The standard InChI is InChI=1S/C22H25ClN4O4/c23-16-8-9-19(24-13-16)25-20(28)15-5-3-10-26(14-15)21(29)17-6-1-2-11-27(17)22(30)18-7-4-12-31-18/h4,7-9,12-13,15,17H,1-3,5-6,10-11,14H2,(H,24,25,28). The van der Waals surface area contributed by atoms with Crippen LogP contribution in [0.1, 0.15) is 42.7 Å². The fourth-order valence-corrected chi connectivity index (χ4v) is 4.37. The second kappa shape index (κ2) is 9.51. The van der Waals surface area contributed by atoms with Gasteiger partial charge in [-0.2, -0.15) is 0 Å². The smallest absolute Gasteiger partial charge is 0.290 e. The third kappa shape index (κ3) is 4.90. The molecular formula is C22H25ClN4O4. The molecule has 3 amide bonds. The fraction of sp³-hybridized carbons (Fsp3) is 0.455. The van der Waals surface area contributed by atoms with Crippen molar-refractivity contribution in [1.82, 2.24) is 14.8 Å². The van der Waals surface area contributed by atoms with Crippen molar-refractivity contribution in [2.45, 2.75) is 38.1 Å². The maximum Gasteiger partial charge on any atom is 0.290 e. The van der Waals surface area contributed by atoms with Crippen LogP contribution in [-0.2, 0) is 9.59 Å². The van der Waals surface area contributed by atoms with Crippen LogP contribution in [0.15, 0.2) is 41.1 Å². The molecule has 2 atom stereocenters. The lowest BCUT2D eigenvalue weighted by Gasteiger charge is -2.39. The number of carbonyl (C=O) groups is 3. The molecule has 2 fully saturated rings. The summed E-state index contributed by atoms with van der Waals surface area (Å²) in [6.07, 6.45) is 6.72. The molecule has 2 aromatic rings. The Bertz CT molecular complexity index is 931. The van der Waals surface area contributed by atoms with Gasteiger partial charge >= 0.3 is 0 Å². The molecule has 2 aromatic heterocycles. The zero-order chi connectivity index (χ0) is 21.8. The van der Waals surface area contributed by atoms with Gasteiger partial charge in [0.25, 0.3) is 5.91 Å². The van der Waals surface area contributed by atoms with E-state index in [0.29, 0.717) is 43.3 Å². The fourth-order valence-electron chi connectivity index (χ4n) is 4.25. The minimum Gasteiger partial charge on any atom is -0.459 e. The number of piperidine rings is 2. The van der Waals surface area contributed by atoms with E-state index in [9.17, 15) is 14.4 Å². The van der Waals surface area contributed by atoms with Crippen LogP contribution in [0.25, 0.3) is 0 Å². The van der Waals surface area contributed by atoms with Gasteiger partial charge in [-0.25, -0.2) is 4.98 Å². The first-order valence-corrected chi connectivity index (χ1v) is 11.0. The molecule has 31 heavy (non-hydrogen) atoms. The summed E-state index contributed by atoms with van der Waals surface area (Å²) in [5, 5.41) is 3.29. The highest BCUT2D eigenvalue weighted by Crippen LogP contribution is 2.25. The van der Waals surface area contributed by atoms with Gasteiger partial charge in [0.15, 0.2) is 5.76 Å². The Balaban J connectivity index is 1.41. The molecule has 2 aliphatic heterocycles. The molecule has 2 unspecified atom stereocenters. The summed E-state index contributed by atoms with van der Waals surface area (Å²) in [4.78, 5) is 46.3. The number of furan rings is 1. The van der Waals surface area contributed by atoms with E-state index in [2.05, 4.69) is 10.3 Å². The van der Waals surface area contributed by atoms with E-state index in [-0.39, 0.29) is 29.4 Å². The maximum absolute atomic E-state index is 13.3. The van der Waals surface area contributed by atoms with Gasteiger partial charge < -0.3 is 19.5 Å². The van der Waals surface area contributed by atoms with Crippen LogP contribution in [0.2, 0.25) is 5.02 Å². The van der Waals surface area contributed by atoms with Gasteiger partial charge in [-0.1, -0.05) is 11.6 Å². The summed E-state index contributed by atoms with van der Waals surface area (Å²) in [5.41, 5.74) is 0. The van der Waals surface area contributed by atoms with Gasteiger partial charge in [0.1, 0.15) is 11.9 Å². The Labute approximate surface area is 185 Å². The summed E-state index contributed by atoms with van der Waals surface area (Å²) in [7, 11) is 0. The number of anilines is 1. The van der Waals surface area contributed by atoms with Crippen LogP contribution in [0, 0.1) is 5.92 Å². The molecule has 0 bridgehead atoms. The number of nitrogens with one attached hydrogen (secondary N) is 1. The predicted octanol–water partition coefficient (Wildman–Crippen LogP) is 3.20. The SMILES string of the molecule is O=C(Nc1ccc(Cl)cn1)C1CCCN(C(=O)C2CCCCN2C(=O)c2ccco2)C1. The molecule has 0 aromatic carbocycles. The van der Waals surface area contributed by atoms with Crippen LogP contribution in [0.3, 0.4) is 0 Å². The third-order valence-corrected chi connectivity index (χ3v) is 6.09. The number of likely N-dealkylation sites (tertiary alicyclic amines) is 2. The van der Waals surface area contributed by atoms with Crippen molar-refractivity contribution in [2.24, 2.45) is 5.92 Å². The Morgan fingerprint density at radius 1 is 1.10 bits per heavy atom. The molecular weight excluding hydrogens is 420 g/mol. The van der Waals surface area contributed by atoms with Crippen LogP contribution in [-0.4, -0.2) is 58.2 Å². The first kappa shape index (κ1) is 21.4. The summed E-state index contributed by atoms with van der Waals surface area (Å²) >= 11 is 5.84. The monoisotopic (exact) mass is 444 g/mol. The van der Waals surface area contributed by atoms with Crippen LogP contribution < -0.4 is 5.32 Å². The molecule has 1 N–H and O–H groups in total. The van der Waals surface area contributed by atoms with E-state index in [1.54, 1.807) is 34.1 Å². The van der Waals surface area contributed by atoms with Crippen molar-refractivity contribution < 1.29 is 18.8 Å². The zero-order valence-electron chi connectivity index (χ0n) is 17.1. The summed E-state index contributed by atoms with van der Waals surface area (Å²) in [5.74, 6) is -0.177. The molecule has 4 rings (SSSR count). The van der Waals surface area contributed by atoms with Gasteiger partial charge in [0.2, 0.25) is 11.8 Å². The van der Waals surface area contributed by atoms with Gasteiger partial charge in [-0.15, -0.1) is 0 Å². The van der Waals surface area contributed by atoms with E-state index >= 15 is 0 Å². The number of amides is 3. The largest absolute Gasteiger partial charge is 0.459 e. The molecule has 2 saturated heterocycles. The van der Waals surface area contributed by atoms with E-state index < -0.39 is 6.04 Å². The third-order valence-electron chi connectivity index (χ3n) is 5.86. The van der Waals surface area contributed by atoms with Crippen LogP contribution >= 0.6 is 11.6 Å². The Hall–Kier alpha value is -2.87. The highest BCUT2D eigenvalue weighted by atomic mass is 35.5. The predicted molar refractivity (Wildman–Crippen MR) is 115 cm³/mol. The molecule has 2 aliphatic rings. The highest BCUT2D eigenvalue weighted by molar-refractivity contribution is 6.30. The molecule has 9 heteroatoms. The quantitative estimate of drug-likeness (QED) is 0.781. The van der Waals surface area contributed by atoms with Crippen molar-refractivity contribution in [3.05, 3.63) is 47.5 Å². The molecule has 0 spiro atoms. The van der Waals surface area contributed by atoms with E-state index in [1.165, 1.54) is 12.5 Å². The summed E-state index contributed by atoms with van der Waals surface area (Å²) in [6.45, 7) is 1.44. The van der Waals surface area contributed by atoms with Crippen molar-refractivity contribution in [1.29, 1.82) is 0 Å². The molecule has 164 valence electrons. The van der Waals surface area contributed by atoms with Gasteiger partial charge in [0.05, 0.1) is 17.2 Å². The summed E-state index contributed by atoms with van der Waals surface area (Å²) < 4.78 is 5.25. The second-order valence-corrected chi connectivity index (χ2v) is 8.40. The van der Waals surface area contributed by atoms with Crippen molar-refractivity contribution in [3.63, 3.8) is 0 Å². The normalized spacial score (nSPS) is 21.6. The molecule has 4 heterocycles. The number of halogens is 1. The minimum absolute atomic E-state index is 0.0956. The van der Waals surface area contributed by atoms with Crippen LogP contribution in [0.5, 0.6) is 0 Å². The molecule has 0 saturated carbocycles. The van der Waals surface area contributed by atoms with Crippen molar-refractivity contribution >= 4 is 35.1 Å². The molecule has 0 aliphatic carbocycles. The lowest BCUT2D eigenvalue weighted by atomic mass is 9.94. The minimum atomic E-state index is -0.522. The molecule has 8 nitrogen and oxygen atoms in total. The lowest BCUT2D eigenvalue weighted by molar-refractivity contribution is -0.140. The molecule has 0 radical (unpaired) electrons. The number of pyridine rings is 1.